The van der Waals surface area contributed by atoms with Gasteiger partial charge in [0.15, 0.2) is 11.6 Å². The average Bonchev–Trinajstić information content (AvgIpc) is 3.43. The summed E-state index contributed by atoms with van der Waals surface area (Å²) in [5.41, 5.74) is 0.152. The molecule has 0 spiro atoms. The highest BCUT2D eigenvalue weighted by Gasteiger charge is 2.41. The van der Waals surface area contributed by atoms with Crippen LogP contribution in [0.1, 0.15) is 50.4 Å². The number of carbonyl (C=O) groups is 2. The molecule has 0 saturated heterocycles. The number of fused-ring (bicyclic) bond motifs is 1. The monoisotopic (exact) mass is 389 g/mol. The van der Waals surface area contributed by atoms with Gasteiger partial charge in [-0.1, -0.05) is 0 Å². The largest absolute Gasteiger partial charge is 0.417 e. The summed E-state index contributed by atoms with van der Waals surface area (Å²) in [6.07, 6.45) is -2.43. The van der Waals surface area contributed by atoms with Crippen molar-refractivity contribution in [3.05, 3.63) is 75.4 Å². The van der Waals surface area contributed by atoms with E-state index < -0.39 is 23.3 Å². The number of aryl methyl sites for hydroxylation is 1. The van der Waals surface area contributed by atoms with Gasteiger partial charge >= 0.3 is 6.18 Å². The van der Waals surface area contributed by atoms with Gasteiger partial charge in [0.25, 0.3) is 0 Å². The zero-order chi connectivity index (χ0) is 20.2. The second-order valence-corrected chi connectivity index (χ2v) is 7.21. The van der Waals surface area contributed by atoms with Crippen LogP contribution < -0.4 is 0 Å². The number of carbonyl (C=O) groups excluding carboxylic acids is 2. The van der Waals surface area contributed by atoms with Gasteiger partial charge in [0, 0.05) is 35.0 Å². The summed E-state index contributed by atoms with van der Waals surface area (Å²) in [6, 6.07) is 4.76. The molecule has 0 bridgehead atoms. The predicted octanol–water partition coefficient (Wildman–Crippen LogP) is 4.88. The Labute approximate surface area is 158 Å². The summed E-state index contributed by atoms with van der Waals surface area (Å²) in [5.74, 6) is -1.80. The van der Waals surface area contributed by atoms with Crippen molar-refractivity contribution < 1.29 is 27.2 Å². The minimum atomic E-state index is -4.51. The molecule has 3 nitrogen and oxygen atoms in total. The highest BCUT2D eigenvalue weighted by Crippen LogP contribution is 2.44. The molecular formula is C21H15F4NO2. The molecule has 7 heteroatoms. The number of halogens is 4. The number of Topliss-reactive ketones (excluding diaryl/α,β-unsaturated/α-hetero) is 2. The number of benzene rings is 1. The van der Waals surface area contributed by atoms with Gasteiger partial charge in [-0.05, 0) is 55.5 Å². The molecule has 0 N–H and O–H groups in total. The first kappa shape index (κ1) is 18.5. The molecule has 1 heterocycles. The van der Waals surface area contributed by atoms with Crippen LogP contribution in [0.5, 0.6) is 0 Å². The quantitative estimate of drug-likeness (QED) is 0.704. The molecule has 0 atom stereocenters. The number of aromatic nitrogens is 1. The lowest BCUT2D eigenvalue weighted by molar-refractivity contribution is -0.137. The van der Waals surface area contributed by atoms with Gasteiger partial charge in [0.1, 0.15) is 5.82 Å². The van der Waals surface area contributed by atoms with Crippen LogP contribution in [-0.4, -0.2) is 16.6 Å². The van der Waals surface area contributed by atoms with Gasteiger partial charge in [-0.25, -0.2) is 4.39 Å². The van der Waals surface area contributed by atoms with E-state index >= 15 is 0 Å². The second kappa shape index (κ2) is 6.36. The van der Waals surface area contributed by atoms with E-state index in [-0.39, 0.29) is 40.5 Å². The summed E-state index contributed by atoms with van der Waals surface area (Å²) in [4.78, 5) is 29.8. The zero-order valence-corrected chi connectivity index (χ0v) is 14.9. The maximum atomic E-state index is 14.5. The molecule has 2 aliphatic carbocycles. The van der Waals surface area contributed by atoms with Crippen LogP contribution in [0, 0.1) is 18.7 Å². The summed E-state index contributed by atoms with van der Waals surface area (Å²) in [7, 11) is 0. The maximum absolute atomic E-state index is 14.5. The number of hydrogen-bond donors (Lipinski definition) is 0. The summed E-state index contributed by atoms with van der Waals surface area (Å²) < 4.78 is 52.6. The van der Waals surface area contributed by atoms with Crippen LogP contribution in [0.2, 0.25) is 0 Å². The maximum Gasteiger partial charge on any atom is 0.417 e. The SMILES string of the molecule is Cc1cc(F)c2c(c1)C(=O)C(C1CC1)=C(Cc1ccc(C(F)(F)F)cn1)C2=O. The number of ketones is 2. The standard InChI is InChI=1S/C21H15F4NO2/c1-10-6-14-18(16(22)7-10)20(28)15(17(19(14)27)11-2-3-11)8-13-5-4-12(9-26-13)21(23,24)25/h4-7,9,11H,2-3,8H2,1H3. The molecule has 2 aromatic rings. The van der Waals surface area contributed by atoms with Crippen LogP contribution in [0.25, 0.3) is 0 Å². The second-order valence-electron chi connectivity index (χ2n) is 7.21. The highest BCUT2D eigenvalue weighted by molar-refractivity contribution is 6.27. The molecule has 0 radical (unpaired) electrons. The third-order valence-corrected chi connectivity index (χ3v) is 5.05. The van der Waals surface area contributed by atoms with Crippen molar-refractivity contribution in [3.8, 4) is 0 Å². The van der Waals surface area contributed by atoms with E-state index in [9.17, 15) is 27.2 Å². The van der Waals surface area contributed by atoms with Gasteiger partial charge in [-0.15, -0.1) is 0 Å². The van der Waals surface area contributed by atoms with Crippen molar-refractivity contribution in [1.82, 2.24) is 4.98 Å². The van der Waals surface area contributed by atoms with E-state index in [4.69, 9.17) is 0 Å². The summed E-state index contributed by atoms with van der Waals surface area (Å²) in [6.45, 7) is 1.64. The number of hydrogen-bond acceptors (Lipinski definition) is 3. The molecule has 1 saturated carbocycles. The minimum Gasteiger partial charge on any atom is -0.289 e. The lowest BCUT2D eigenvalue weighted by Gasteiger charge is -2.22. The van der Waals surface area contributed by atoms with Crippen LogP contribution >= 0.6 is 0 Å². The van der Waals surface area contributed by atoms with Crippen LogP contribution in [0.3, 0.4) is 0 Å². The first-order chi connectivity index (χ1) is 13.2. The van der Waals surface area contributed by atoms with E-state index in [1.807, 2.05) is 0 Å². The van der Waals surface area contributed by atoms with Crippen molar-refractivity contribution in [1.29, 1.82) is 0 Å². The third kappa shape index (κ3) is 3.15. The lowest BCUT2D eigenvalue weighted by atomic mass is 9.79. The van der Waals surface area contributed by atoms with Gasteiger partial charge < -0.3 is 0 Å². The summed E-state index contributed by atoms with van der Waals surface area (Å²) in [5, 5.41) is 0. The number of pyridine rings is 1. The molecular weight excluding hydrogens is 374 g/mol. The van der Waals surface area contributed by atoms with Crippen LogP contribution in [0.15, 0.2) is 41.6 Å². The highest BCUT2D eigenvalue weighted by atomic mass is 19.4. The number of rotatable bonds is 3. The van der Waals surface area contributed by atoms with E-state index in [1.165, 1.54) is 18.2 Å². The van der Waals surface area contributed by atoms with Crippen molar-refractivity contribution >= 4 is 11.6 Å². The van der Waals surface area contributed by atoms with Crippen molar-refractivity contribution in [2.45, 2.75) is 32.4 Å². The van der Waals surface area contributed by atoms with Crippen molar-refractivity contribution in [2.24, 2.45) is 5.92 Å². The first-order valence-electron chi connectivity index (χ1n) is 8.81. The van der Waals surface area contributed by atoms with Gasteiger partial charge in [0.2, 0.25) is 0 Å². The fraction of sp³-hybridized carbons (Fsp3) is 0.286. The molecule has 1 aromatic heterocycles. The molecule has 0 aliphatic heterocycles. The lowest BCUT2D eigenvalue weighted by Crippen LogP contribution is -2.26. The first-order valence-corrected chi connectivity index (χ1v) is 8.81. The molecule has 28 heavy (non-hydrogen) atoms. The van der Waals surface area contributed by atoms with E-state index in [0.29, 0.717) is 17.3 Å². The molecule has 4 rings (SSSR count). The van der Waals surface area contributed by atoms with E-state index in [2.05, 4.69) is 4.98 Å². The number of nitrogens with zero attached hydrogens (tertiary/aromatic N) is 1. The average molecular weight is 389 g/mol. The zero-order valence-electron chi connectivity index (χ0n) is 14.9. The Balaban J connectivity index is 1.77. The summed E-state index contributed by atoms with van der Waals surface area (Å²) >= 11 is 0. The fourth-order valence-corrected chi connectivity index (χ4v) is 3.56. The van der Waals surface area contributed by atoms with E-state index in [0.717, 1.165) is 18.9 Å². The van der Waals surface area contributed by atoms with Gasteiger partial charge in [-0.3, -0.25) is 14.6 Å². The number of allylic oxidation sites excluding steroid dienone is 2. The third-order valence-electron chi connectivity index (χ3n) is 5.05. The molecule has 1 aromatic carbocycles. The number of alkyl halides is 3. The Morgan fingerprint density at radius 3 is 2.39 bits per heavy atom. The van der Waals surface area contributed by atoms with Crippen LogP contribution in [-0.2, 0) is 12.6 Å². The smallest absolute Gasteiger partial charge is 0.289 e. The van der Waals surface area contributed by atoms with Gasteiger partial charge in [-0.2, -0.15) is 13.2 Å². The molecule has 144 valence electrons. The van der Waals surface area contributed by atoms with Crippen LogP contribution in [0.4, 0.5) is 17.6 Å². The van der Waals surface area contributed by atoms with Crippen molar-refractivity contribution in [3.63, 3.8) is 0 Å². The Morgan fingerprint density at radius 2 is 1.82 bits per heavy atom. The molecule has 0 amide bonds. The predicted molar refractivity (Wildman–Crippen MR) is 92.5 cm³/mol. The molecule has 0 unspecified atom stereocenters. The normalized spacial score (nSPS) is 17.2. The van der Waals surface area contributed by atoms with Crippen molar-refractivity contribution in [2.75, 3.05) is 0 Å². The fourth-order valence-electron chi connectivity index (χ4n) is 3.56. The Bertz CT molecular complexity index is 1030. The molecule has 2 aliphatic rings. The van der Waals surface area contributed by atoms with E-state index in [1.54, 1.807) is 6.92 Å². The Hall–Kier alpha value is -2.83. The minimum absolute atomic E-state index is 0.0635. The van der Waals surface area contributed by atoms with Gasteiger partial charge in [0.05, 0.1) is 11.1 Å². The topological polar surface area (TPSA) is 47.0 Å². The Morgan fingerprint density at radius 1 is 1.11 bits per heavy atom. The molecule has 1 fully saturated rings. The Kier molecular flexibility index (Phi) is 4.21.